The second-order valence-corrected chi connectivity index (χ2v) is 7.40. The van der Waals surface area contributed by atoms with Gasteiger partial charge in [-0.15, -0.1) is 0 Å². The Morgan fingerprint density at radius 1 is 1.06 bits per heavy atom. The van der Waals surface area contributed by atoms with Gasteiger partial charge >= 0.3 is 0 Å². The fourth-order valence-corrected chi connectivity index (χ4v) is 4.03. The lowest BCUT2D eigenvalue weighted by Crippen LogP contribution is -2.43. The molecule has 1 aromatic heterocycles. The van der Waals surface area contributed by atoms with Crippen LogP contribution in [-0.4, -0.2) is 65.4 Å². The van der Waals surface area contributed by atoms with Crippen LogP contribution in [0.25, 0.3) is 0 Å². The first-order valence-corrected chi connectivity index (χ1v) is 10.7. The molecule has 0 aliphatic carbocycles. The third-order valence-corrected chi connectivity index (χ3v) is 5.61. The first-order valence-electron chi connectivity index (χ1n) is 10.7. The fourth-order valence-electron chi connectivity index (χ4n) is 4.03. The molecule has 0 amide bonds. The van der Waals surface area contributed by atoms with E-state index in [4.69, 9.17) is 18.6 Å². The van der Waals surface area contributed by atoms with Crippen LogP contribution in [0.3, 0.4) is 0 Å². The van der Waals surface area contributed by atoms with Crippen LogP contribution >= 0.6 is 0 Å². The van der Waals surface area contributed by atoms with E-state index in [2.05, 4.69) is 20.5 Å². The molecule has 1 unspecified atom stereocenters. The normalized spacial score (nSPS) is 15.5. The lowest BCUT2D eigenvalue weighted by atomic mass is 10.1. The highest BCUT2D eigenvalue weighted by atomic mass is 16.5. The van der Waals surface area contributed by atoms with E-state index in [1.807, 2.05) is 24.3 Å². The van der Waals surface area contributed by atoms with Crippen LogP contribution in [0.4, 0.5) is 0 Å². The Kier molecular flexibility index (Phi) is 8.46. The Bertz CT molecular complexity index is 832. The zero-order valence-electron chi connectivity index (χ0n) is 18.9. The van der Waals surface area contributed by atoms with Crippen molar-refractivity contribution in [1.82, 2.24) is 15.5 Å². The van der Waals surface area contributed by atoms with Gasteiger partial charge in [0.2, 0.25) is 5.75 Å². The van der Waals surface area contributed by atoms with E-state index < -0.39 is 0 Å². The number of benzene rings is 1. The molecule has 1 fully saturated rings. The molecule has 2 heterocycles. The average molecular weight is 431 g/mol. The van der Waals surface area contributed by atoms with E-state index in [1.54, 1.807) is 34.6 Å². The number of nitrogens with zero attached hydrogens (tertiary/aromatic N) is 2. The minimum absolute atomic E-state index is 0.196. The van der Waals surface area contributed by atoms with Gasteiger partial charge in [-0.05, 0) is 50.6 Å². The number of nitrogens with one attached hydrogen (secondary N) is 2. The summed E-state index contributed by atoms with van der Waals surface area (Å²) in [4.78, 5) is 6.84. The third kappa shape index (κ3) is 5.64. The summed E-state index contributed by atoms with van der Waals surface area (Å²) < 4.78 is 22.1. The smallest absolute Gasteiger partial charge is 0.203 e. The molecule has 1 aromatic carbocycles. The molecular weight excluding hydrogens is 396 g/mol. The van der Waals surface area contributed by atoms with Gasteiger partial charge in [0, 0.05) is 25.7 Å². The van der Waals surface area contributed by atoms with E-state index in [0.29, 0.717) is 23.8 Å². The standard InChI is InChI=1S/C23H34N4O4/c1-24-23(26-16-18(19-8-7-15-31-19)27-13-5-6-14-27)25-12-11-17-9-10-20(28-2)22(30-4)21(17)29-3/h7-10,15,18H,5-6,11-14,16H2,1-4H3,(H2,24,25,26). The lowest BCUT2D eigenvalue weighted by molar-refractivity contribution is 0.215. The zero-order valence-corrected chi connectivity index (χ0v) is 18.9. The van der Waals surface area contributed by atoms with Crippen molar-refractivity contribution in [2.24, 2.45) is 4.99 Å². The largest absolute Gasteiger partial charge is 0.493 e. The lowest BCUT2D eigenvalue weighted by Gasteiger charge is -2.26. The van der Waals surface area contributed by atoms with Gasteiger partial charge in [-0.3, -0.25) is 9.89 Å². The minimum atomic E-state index is 0.196. The van der Waals surface area contributed by atoms with Crippen LogP contribution in [0, 0.1) is 0 Å². The Morgan fingerprint density at radius 3 is 2.45 bits per heavy atom. The Morgan fingerprint density at radius 2 is 1.84 bits per heavy atom. The molecule has 1 aliphatic heterocycles. The van der Waals surface area contributed by atoms with Crippen LogP contribution in [0.1, 0.15) is 30.2 Å². The van der Waals surface area contributed by atoms with Crippen molar-refractivity contribution in [1.29, 1.82) is 0 Å². The molecule has 0 spiro atoms. The van der Waals surface area contributed by atoms with Gasteiger partial charge in [-0.1, -0.05) is 6.07 Å². The predicted molar refractivity (Wildman–Crippen MR) is 121 cm³/mol. The fraction of sp³-hybridized carbons (Fsp3) is 0.522. The SMILES string of the molecule is CN=C(NCCc1ccc(OC)c(OC)c1OC)NCC(c1ccco1)N1CCCC1. The maximum absolute atomic E-state index is 5.70. The maximum Gasteiger partial charge on any atom is 0.203 e. The molecule has 0 bridgehead atoms. The Balaban J connectivity index is 1.57. The first-order chi connectivity index (χ1) is 15.2. The Hall–Kier alpha value is -2.87. The van der Waals surface area contributed by atoms with Gasteiger partial charge in [-0.2, -0.15) is 0 Å². The van der Waals surface area contributed by atoms with Crippen LogP contribution < -0.4 is 24.8 Å². The summed E-state index contributed by atoms with van der Waals surface area (Å²) in [6, 6.07) is 8.08. The van der Waals surface area contributed by atoms with Crippen LogP contribution in [0.5, 0.6) is 17.2 Å². The highest BCUT2D eigenvalue weighted by molar-refractivity contribution is 5.79. The number of furan rings is 1. The van der Waals surface area contributed by atoms with Crippen molar-refractivity contribution >= 4 is 5.96 Å². The molecule has 1 saturated heterocycles. The van der Waals surface area contributed by atoms with Crippen molar-refractivity contribution in [2.75, 3.05) is 54.6 Å². The average Bonchev–Trinajstić information content (AvgIpc) is 3.52. The molecule has 1 aliphatic rings. The number of hydrogen-bond donors (Lipinski definition) is 2. The van der Waals surface area contributed by atoms with E-state index in [1.165, 1.54) is 12.8 Å². The summed E-state index contributed by atoms with van der Waals surface area (Å²) in [6.07, 6.45) is 4.95. The van der Waals surface area contributed by atoms with Crippen LogP contribution in [0.2, 0.25) is 0 Å². The molecule has 1 atom stereocenters. The van der Waals surface area contributed by atoms with Gasteiger partial charge in [0.05, 0.1) is 33.6 Å². The van der Waals surface area contributed by atoms with Crippen molar-refractivity contribution in [3.05, 3.63) is 41.9 Å². The van der Waals surface area contributed by atoms with Crippen LogP contribution in [-0.2, 0) is 6.42 Å². The minimum Gasteiger partial charge on any atom is -0.493 e. The second-order valence-electron chi connectivity index (χ2n) is 7.40. The summed E-state index contributed by atoms with van der Waals surface area (Å²) in [5.74, 6) is 3.70. The van der Waals surface area contributed by atoms with Crippen molar-refractivity contribution in [3.63, 3.8) is 0 Å². The number of hydrogen-bond acceptors (Lipinski definition) is 6. The molecule has 3 rings (SSSR count). The predicted octanol–water partition coefficient (Wildman–Crippen LogP) is 2.85. The van der Waals surface area contributed by atoms with Crippen molar-refractivity contribution in [2.45, 2.75) is 25.3 Å². The second kappa shape index (κ2) is 11.5. The molecule has 2 aromatic rings. The Labute approximate surface area is 184 Å². The molecule has 31 heavy (non-hydrogen) atoms. The van der Waals surface area contributed by atoms with E-state index in [0.717, 1.165) is 43.3 Å². The van der Waals surface area contributed by atoms with Crippen LogP contribution in [0.15, 0.2) is 39.9 Å². The highest BCUT2D eigenvalue weighted by Gasteiger charge is 2.25. The number of methoxy groups -OCH3 is 3. The van der Waals surface area contributed by atoms with Crippen molar-refractivity contribution in [3.8, 4) is 17.2 Å². The van der Waals surface area contributed by atoms with Gasteiger partial charge < -0.3 is 29.3 Å². The first kappa shape index (κ1) is 22.8. The third-order valence-electron chi connectivity index (χ3n) is 5.61. The summed E-state index contributed by atoms with van der Waals surface area (Å²) in [7, 11) is 6.65. The van der Waals surface area contributed by atoms with Gasteiger partial charge in [-0.25, -0.2) is 0 Å². The summed E-state index contributed by atoms with van der Waals surface area (Å²) in [6.45, 7) is 3.61. The van der Waals surface area contributed by atoms with Crippen molar-refractivity contribution < 1.29 is 18.6 Å². The molecule has 0 radical (unpaired) electrons. The number of likely N-dealkylation sites (tertiary alicyclic amines) is 1. The summed E-state index contributed by atoms with van der Waals surface area (Å²) >= 11 is 0. The zero-order chi connectivity index (χ0) is 22.1. The van der Waals surface area contributed by atoms with E-state index in [-0.39, 0.29) is 6.04 Å². The number of guanidine groups is 1. The van der Waals surface area contributed by atoms with E-state index >= 15 is 0 Å². The number of aliphatic imine (C=N–C) groups is 1. The summed E-state index contributed by atoms with van der Waals surface area (Å²) in [5.41, 5.74) is 1.04. The van der Waals surface area contributed by atoms with Gasteiger partial charge in [0.25, 0.3) is 0 Å². The van der Waals surface area contributed by atoms with Gasteiger partial charge in [0.15, 0.2) is 17.5 Å². The molecular formula is C23H34N4O4. The number of ether oxygens (including phenoxy) is 3. The summed E-state index contributed by atoms with van der Waals surface area (Å²) in [5, 5.41) is 6.84. The maximum atomic E-state index is 5.70. The van der Waals surface area contributed by atoms with E-state index in [9.17, 15) is 0 Å². The molecule has 0 saturated carbocycles. The molecule has 2 N–H and O–H groups in total. The quantitative estimate of drug-likeness (QED) is 0.443. The van der Waals surface area contributed by atoms with Gasteiger partial charge in [0.1, 0.15) is 5.76 Å². The topological polar surface area (TPSA) is 80.5 Å². The molecule has 8 nitrogen and oxygen atoms in total. The molecule has 8 heteroatoms. The number of rotatable bonds is 10. The molecule has 170 valence electrons. The monoisotopic (exact) mass is 430 g/mol. The highest BCUT2D eigenvalue weighted by Crippen LogP contribution is 2.39.